The minimum Gasteiger partial charge on any atom is -0.478 e. The Morgan fingerprint density at radius 3 is 2.15 bits per heavy atom. The monoisotopic (exact) mass is 754 g/mol. The van der Waals surface area contributed by atoms with Crippen molar-refractivity contribution in [2.45, 2.75) is 129 Å². The summed E-state index contributed by atoms with van der Waals surface area (Å²) in [4.78, 5) is 92.6. The Labute approximate surface area is 317 Å². The number of primary amides is 1. The molecule has 298 valence electrons. The number of hydrogen-bond donors (Lipinski definition) is 6. The molecule has 2 aliphatic rings. The Bertz CT molecular complexity index is 1480. The lowest BCUT2D eigenvalue weighted by molar-refractivity contribution is -0.143. The molecule has 1 aromatic rings. The van der Waals surface area contributed by atoms with Crippen molar-refractivity contribution in [3.05, 3.63) is 48.0 Å². The molecule has 15 heteroatoms. The van der Waals surface area contributed by atoms with Crippen LogP contribution < -0.4 is 27.0 Å². The van der Waals surface area contributed by atoms with Gasteiger partial charge in [0.15, 0.2) is 0 Å². The van der Waals surface area contributed by atoms with Gasteiger partial charge in [0.25, 0.3) is 0 Å². The number of nitrogens with zero attached hydrogens (tertiary/aromatic N) is 1. The first-order chi connectivity index (χ1) is 25.7. The van der Waals surface area contributed by atoms with Crippen LogP contribution in [0.2, 0.25) is 0 Å². The van der Waals surface area contributed by atoms with Crippen molar-refractivity contribution in [3.63, 3.8) is 0 Å². The third-order valence-corrected chi connectivity index (χ3v) is 9.84. The maximum Gasteiger partial charge on any atom is 0.408 e. The van der Waals surface area contributed by atoms with Gasteiger partial charge < -0.3 is 41.7 Å². The maximum absolute atomic E-state index is 14.1. The van der Waals surface area contributed by atoms with E-state index in [0.29, 0.717) is 19.3 Å². The van der Waals surface area contributed by atoms with Gasteiger partial charge in [-0.1, -0.05) is 83.4 Å². The highest BCUT2D eigenvalue weighted by Gasteiger charge is 2.41. The highest BCUT2D eigenvalue weighted by atomic mass is 16.5. The molecule has 0 aromatic heterocycles. The smallest absolute Gasteiger partial charge is 0.408 e. The highest BCUT2D eigenvalue weighted by molar-refractivity contribution is 5.96. The van der Waals surface area contributed by atoms with Crippen LogP contribution in [-0.2, 0) is 40.1 Å². The second-order valence-corrected chi connectivity index (χ2v) is 15.0. The van der Waals surface area contributed by atoms with Crippen LogP contribution in [0.1, 0.15) is 97.5 Å². The number of benzene rings is 1. The molecule has 1 unspecified atom stereocenters. The number of carbonyl (C=O) groups excluding carboxylic acids is 6. The number of nitrogens with one attached hydrogen (secondary N) is 4. The first-order valence-electron chi connectivity index (χ1n) is 19.1. The van der Waals surface area contributed by atoms with Gasteiger partial charge >= 0.3 is 12.1 Å². The van der Waals surface area contributed by atoms with E-state index in [1.54, 1.807) is 38.1 Å². The summed E-state index contributed by atoms with van der Waals surface area (Å²) >= 11 is 0. The Morgan fingerprint density at radius 1 is 0.870 bits per heavy atom. The summed E-state index contributed by atoms with van der Waals surface area (Å²) in [5, 5.41) is 19.9. The molecule has 1 aliphatic heterocycles. The number of allylic oxidation sites excluding steroid dienone is 1. The lowest BCUT2D eigenvalue weighted by Crippen LogP contribution is -2.60. The fourth-order valence-electron chi connectivity index (χ4n) is 6.99. The molecular weight excluding hydrogens is 696 g/mol. The van der Waals surface area contributed by atoms with Crippen molar-refractivity contribution in [3.8, 4) is 0 Å². The summed E-state index contributed by atoms with van der Waals surface area (Å²) in [6.45, 7) is 7.50. The second-order valence-electron chi connectivity index (χ2n) is 15.0. The Kier molecular flexibility index (Phi) is 17.4. The van der Waals surface area contributed by atoms with E-state index in [4.69, 9.17) is 15.6 Å². The quantitative estimate of drug-likeness (QED) is 0.114. The third kappa shape index (κ3) is 13.8. The van der Waals surface area contributed by atoms with E-state index in [-0.39, 0.29) is 37.8 Å². The van der Waals surface area contributed by atoms with Crippen molar-refractivity contribution >= 4 is 41.6 Å². The van der Waals surface area contributed by atoms with E-state index in [2.05, 4.69) is 21.3 Å². The minimum atomic E-state index is -1.17. The number of carbonyl (C=O) groups is 7. The van der Waals surface area contributed by atoms with Crippen molar-refractivity contribution in [2.24, 2.45) is 23.5 Å². The number of likely N-dealkylation sites (tertiary alicyclic amines) is 1. The molecule has 1 aliphatic carbocycles. The van der Waals surface area contributed by atoms with Crippen molar-refractivity contribution in [2.75, 3.05) is 6.54 Å². The summed E-state index contributed by atoms with van der Waals surface area (Å²) in [6.07, 6.45) is 7.22. The first-order valence-corrected chi connectivity index (χ1v) is 19.1. The standard InChI is InChI=1S/C39H58N6O9/c1-24(2)22-29(36(50)44-33(34(40)48)27-16-9-6-10-17-27)41-37(51)30-19-13-21-45(30)38(52)32(25(3)4)43-35(49)28(18-11-12-20-31(46)47)42-39(53)54-23-26-14-7-5-8-15-26/h5,7-8,12,14-15,20,24-25,27-30,32-33H,6,9-11,13,16-19,21-23H2,1-4H3,(H2,40,48)(H,41,51)(H,42,53)(H,43,49)(H,44,50)(H,46,47)/b20-12+/t28?,29-,30-,32-,33-/m0/s1. The predicted molar refractivity (Wildman–Crippen MR) is 200 cm³/mol. The van der Waals surface area contributed by atoms with Crippen molar-refractivity contribution < 1.29 is 43.4 Å². The molecular formula is C39H58N6O9. The zero-order valence-electron chi connectivity index (χ0n) is 31.9. The minimum absolute atomic E-state index is 0.0143. The number of aliphatic carboxylic acids is 1. The molecule has 5 atom stereocenters. The van der Waals surface area contributed by atoms with Crippen LogP contribution >= 0.6 is 0 Å². The summed E-state index contributed by atoms with van der Waals surface area (Å²) < 4.78 is 5.30. The molecule has 54 heavy (non-hydrogen) atoms. The maximum atomic E-state index is 14.1. The van der Waals surface area contributed by atoms with Gasteiger partial charge in [-0.25, -0.2) is 9.59 Å². The zero-order valence-corrected chi connectivity index (χ0v) is 31.9. The van der Waals surface area contributed by atoms with Crippen LogP contribution in [0.4, 0.5) is 4.79 Å². The molecule has 1 heterocycles. The molecule has 3 rings (SSSR count). The van der Waals surface area contributed by atoms with Gasteiger partial charge in [-0.15, -0.1) is 0 Å². The average Bonchev–Trinajstić information content (AvgIpc) is 3.63. The summed E-state index contributed by atoms with van der Waals surface area (Å²) in [6, 6.07) is 3.97. The van der Waals surface area contributed by atoms with Crippen LogP contribution in [0.25, 0.3) is 0 Å². The molecule has 0 bridgehead atoms. The number of nitrogens with two attached hydrogens (primary N) is 1. The summed E-state index contributed by atoms with van der Waals surface area (Å²) in [5.74, 6) is -4.46. The number of ether oxygens (including phenoxy) is 1. The van der Waals surface area contributed by atoms with Gasteiger partial charge in [0.2, 0.25) is 29.5 Å². The number of amides is 6. The molecule has 1 saturated carbocycles. The second kappa shape index (κ2) is 21.7. The number of carboxylic acids is 1. The number of carboxylic acid groups (broad SMARTS) is 1. The molecule has 15 nitrogen and oxygen atoms in total. The SMILES string of the molecule is CC(C)C[C@H](NC(=O)[C@@H]1CCCN1C(=O)[C@@H](NC(=O)C(CC/C=C/C(=O)O)NC(=O)OCc1ccccc1)C(C)C)C(=O)N[C@H](C(N)=O)C1CCCCC1. The van der Waals surface area contributed by atoms with Gasteiger partial charge in [-0.3, -0.25) is 24.0 Å². The molecule has 1 aromatic carbocycles. The number of hydrogen-bond acceptors (Lipinski definition) is 8. The third-order valence-electron chi connectivity index (χ3n) is 9.84. The zero-order chi connectivity index (χ0) is 39.8. The van der Waals surface area contributed by atoms with Gasteiger partial charge in [-0.05, 0) is 68.3 Å². The van der Waals surface area contributed by atoms with Crippen LogP contribution in [0.3, 0.4) is 0 Å². The summed E-state index contributed by atoms with van der Waals surface area (Å²) in [5.41, 5.74) is 6.44. The topological polar surface area (TPSA) is 226 Å². The van der Waals surface area contributed by atoms with E-state index in [9.17, 15) is 33.6 Å². The molecule has 6 amide bonds. The van der Waals surface area contributed by atoms with Crippen molar-refractivity contribution in [1.82, 2.24) is 26.2 Å². The van der Waals surface area contributed by atoms with Gasteiger partial charge in [0.05, 0.1) is 0 Å². The van der Waals surface area contributed by atoms with E-state index in [1.165, 1.54) is 11.0 Å². The average molecular weight is 755 g/mol. The van der Waals surface area contributed by atoms with Gasteiger partial charge in [0, 0.05) is 12.6 Å². The number of rotatable bonds is 19. The number of alkyl carbamates (subject to hydrolysis) is 1. The van der Waals surface area contributed by atoms with E-state index in [1.807, 2.05) is 19.9 Å². The lowest BCUT2D eigenvalue weighted by Gasteiger charge is -2.33. The van der Waals surface area contributed by atoms with Crippen LogP contribution in [0, 0.1) is 17.8 Å². The Hall–Kier alpha value is -4.95. The molecule has 0 radical (unpaired) electrons. The van der Waals surface area contributed by atoms with E-state index < -0.39 is 77.7 Å². The fraction of sp³-hybridized carbons (Fsp3) is 0.615. The largest absolute Gasteiger partial charge is 0.478 e. The normalized spacial score (nSPS) is 18.4. The van der Waals surface area contributed by atoms with Crippen LogP contribution in [-0.4, -0.2) is 88.4 Å². The molecule has 0 spiro atoms. The van der Waals surface area contributed by atoms with E-state index >= 15 is 0 Å². The lowest BCUT2D eigenvalue weighted by atomic mass is 9.83. The van der Waals surface area contributed by atoms with Crippen LogP contribution in [0.5, 0.6) is 0 Å². The fourth-order valence-corrected chi connectivity index (χ4v) is 6.99. The Balaban J connectivity index is 1.72. The Morgan fingerprint density at radius 2 is 1.54 bits per heavy atom. The first kappa shape index (κ1) is 43.5. The van der Waals surface area contributed by atoms with Gasteiger partial charge in [0.1, 0.15) is 36.8 Å². The van der Waals surface area contributed by atoms with Gasteiger partial charge in [-0.2, -0.15) is 0 Å². The molecule has 2 fully saturated rings. The molecule has 1 saturated heterocycles. The highest BCUT2D eigenvalue weighted by Crippen LogP contribution is 2.27. The van der Waals surface area contributed by atoms with Crippen molar-refractivity contribution in [1.29, 1.82) is 0 Å². The molecule has 7 N–H and O–H groups in total. The van der Waals surface area contributed by atoms with E-state index in [0.717, 1.165) is 43.7 Å². The predicted octanol–water partition coefficient (Wildman–Crippen LogP) is 2.92. The summed E-state index contributed by atoms with van der Waals surface area (Å²) in [7, 11) is 0. The van der Waals surface area contributed by atoms with Crippen LogP contribution in [0.15, 0.2) is 42.5 Å².